The van der Waals surface area contributed by atoms with Gasteiger partial charge in [-0.2, -0.15) is 0 Å². The maximum atomic E-state index is 13.2. The number of carbonyl (C=O) groups is 3. The Morgan fingerprint density at radius 2 is 1.72 bits per heavy atom. The molecule has 0 saturated heterocycles. The van der Waals surface area contributed by atoms with Crippen LogP contribution in [0.1, 0.15) is 20.7 Å². The van der Waals surface area contributed by atoms with E-state index in [4.69, 9.17) is 22.1 Å². The summed E-state index contributed by atoms with van der Waals surface area (Å²) in [6.07, 6.45) is 0. The van der Waals surface area contributed by atoms with Crippen LogP contribution in [0.15, 0.2) is 36.4 Å². The molecule has 0 aromatic heterocycles. The number of halogens is 3. The Morgan fingerprint density at radius 3 is 2.40 bits per heavy atom. The van der Waals surface area contributed by atoms with Gasteiger partial charge in [0.05, 0.1) is 21.8 Å². The van der Waals surface area contributed by atoms with Gasteiger partial charge in [-0.05, 0) is 24.3 Å². The van der Waals surface area contributed by atoms with E-state index in [-0.39, 0.29) is 16.3 Å². The average Bonchev–Trinajstić information content (AvgIpc) is 2.56. The maximum Gasteiger partial charge on any atom is 0.340 e. The summed E-state index contributed by atoms with van der Waals surface area (Å²) in [5.41, 5.74) is 4.97. The second-order valence-corrected chi connectivity index (χ2v) is 5.19. The van der Waals surface area contributed by atoms with Gasteiger partial charge in [0.2, 0.25) is 0 Å². The Hall–Kier alpha value is -3.00. The summed E-state index contributed by atoms with van der Waals surface area (Å²) in [6.45, 7) is -0.735. The summed E-state index contributed by atoms with van der Waals surface area (Å²) in [5.74, 6) is -5.12. The molecule has 0 spiro atoms. The molecule has 0 bridgehead atoms. The van der Waals surface area contributed by atoms with Gasteiger partial charge < -0.3 is 15.8 Å². The lowest BCUT2D eigenvalue weighted by Crippen LogP contribution is -2.23. The van der Waals surface area contributed by atoms with Crippen molar-refractivity contribution >= 4 is 35.1 Å². The van der Waals surface area contributed by atoms with Gasteiger partial charge >= 0.3 is 5.97 Å². The molecule has 2 rings (SSSR count). The minimum absolute atomic E-state index is 0.0748. The number of anilines is 1. The minimum atomic E-state index is -1.28. The van der Waals surface area contributed by atoms with Crippen molar-refractivity contribution in [1.29, 1.82) is 0 Å². The number of hydrogen-bond donors (Lipinski definition) is 2. The molecular weight excluding hydrogens is 358 g/mol. The first-order chi connectivity index (χ1) is 11.8. The third-order valence-corrected chi connectivity index (χ3v) is 3.34. The fraction of sp³-hybridized carbons (Fsp3) is 0.0625. The molecule has 0 heterocycles. The first-order valence-electron chi connectivity index (χ1n) is 6.80. The lowest BCUT2D eigenvalue weighted by Gasteiger charge is -2.10. The maximum absolute atomic E-state index is 13.2. The molecule has 0 aliphatic heterocycles. The van der Waals surface area contributed by atoms with Crippen LogP contribution >= 0.6 is 11.6 Å². The highest BCUT2D eigenvalue weighted by Crippen LogP contribution is 2.21. The number of nitrogens with one attached hydrogen (secondary N) is 1. The van der Waals surface area contributed by atoms with E-state index in [0.717, 1.165) is 0 Å². The number of para-hydroxylation sites is 1. The average molecular weight is 369 g/mol. The van der Waals surface area contributed by atoms with E-state index in [1.54, 1.807) is 12.1 Å². The fourth-order valence-electron chi connectivity index (χ4n) is 1.88. The molecule has 130 valence electrons. The van der Waals surface area contributed by atoms with Gasteiger partial charge in [-0.1, -0.05) is 23.7 Å². The lowest BCUT2D eigenvalue weighted by molar-refractivity contribution is -0.119. The highest BCUT2D eigenvalue weighted by Gasteiger charge is 2.18. The number of esters is 1. The Bertz CT molecular complexity index is 858. The summed E-state index contributed by atoms with van der Waals surface area (Å²) in [4.78, 5) is 34.9. The van der Waals surface area contributed by atoms with Crippen molar-refractivity contribution in [3.63, 3.8) is 0 Å². The van der Waals surface area contributed by atoms with Gasteiger partial charge in [0.1, 0.15) is 0 Å². The fourth-order valence-corrected chi connectivity index (χ4v) is 2.11. The number of primary amides is 1. The topological polar surface area (TPSA) is 98.5 Å². The molecule has 0 aliphatic carbocycles. The number of ether oxygens (including phenoxy) is 1. The number of carbonyl (C=O) groups excluding carboxylic acids is 3. The van der Waals surface area contributed by atoms with Crippen LogP contribution < -0.4 is 11.1 Å². The SMILES string of the molecule is NC(=O)c1ccccc1NC(=O)COC(=O)c1cc(F)c(F)cc1Cl. The van der Waals surface area contributed by atoms with Gasteiger partial charge in [0, 0.05) is 0 Å². The Balaban J connectivity index is 2.02. The molecule has 25 heavy (non-hydrogen) atoms. The van der Waals surface area contributed by atoms with Crippen molar-refractivity contribution in [1.82, 2.24) is 0 Å². The zero-order chi connectivity index (χ0) is 18.6. The molecular formula is C16H11ClF2N2O4. The van der Waals surface area contributed by atoms with Crippen LogP contribution in [0.2, 0.25) is 5.02 Å². The Kier molecular flexibility index (Phi) is 5.66. The van der Waals surface area contributed by atoms with E-state index in [1.807, 2.05) is 0 Å². The number of amides is 2. The number of nitrogens with two attached hydrogens (primary N) is 1. The second kappa shape index (κ2) is 7.71. The van der Waals surface area contributed by atoms with Crippen molar-refractivity contribution in [2.45, 2.75) is 0 Å². The summed E-state index contributed by atoms with van der Waals surface area (Å²) in [5, 5.41) is 1.99. The molecule has 0 fully saturated rings. The predicted octanol–water partition coefficient (Wildman–Crippen LogP) is 2.51. The van der Waals surface area contributed by atoms with E-state index < -0.39 is 41.6 Å². The summed E-state index contributed by atoms with van der Waals surface area (Å²) in [7, 11) is 0. The Labute approximate surface area is 145 Å². The van der Waals surface area contributed by atoms with Gasteiger partial charge in [-0.25, -0.2) is 13.6 Å². The molecule has 6 nitrogen and oxygen atoms in total. The van der Waals surface area contributed by atoms with Crippen molar-refractivity contribution < 1.29 is 27.9 Å². The molecule has 0 unspecified atom stereocenters. The summed E-state index contributed by atoms with van der Waals surface area (Å²) >= 11 is 5.64. The van der Waals surface area contributed by atoms with Gasteiger partial charge in [-0.15, -0.1) is 0 Å². The molecule has 0 radical (unpaired) electrons. The largest absolute Gasteiger partial charge is 0.452 e. The first kappa shape index (κ1) is 18.3. The van der Waals surface area contributed by atoms with Crippen LogP contribution in [-0.4, -0.2) is 24.4 Å². The zero-order valence-electron chi connectivity index (χ0n) is 12.5. The van der Waals surface area contributed by atoms with Crippen molar-refractivity contribution in [2.75, 3.05) is 11.9 Å². The van der Waals surface area contributed by atoms with E-state index in [0.29, 0.717) is 12.1 Å². The monoisotopic (exact) mass is 368 g/mol. The molecule has 0 saturated carbocycles. The van der Waals surface area contributed by atoms with Crippen LogP contribution in [0.25, 0.3) is 0 Å². The molecule has 3 N–H and O–H groups in total. The second-order valence-electron chi connectivity index (χ2n) is 4.78. The van der Waals surface area contributed by atoms with Crippen LogP contribution in [0, 0.1) is 11.6 Å². The van der Waals surface area contributed by atoms with Crippen LogP contribution in [0.4, 0.5) is 14.5 Å². The number of benzene rings is 2. The third-order valence-electron chi connectivity index (χ3n) is 3.03. The lowest BCUT2D eigenvalue weighted by atomic mass is 10.1. The normalized spacial score (nSPS) is 10.2. The molecule has 0 atom stereocenters. The summed E-state index contributed by atoms with van der Waals surface area (Å²) in [6, 6.07) is 7.16. The summed E-state index contributed by atoms with van der Waals surface area (Å²) < 4.78 is 30.8. The van der Waals surface area contributed by atoms with Crippen molar-refractivity contribution in [3.05, 3.63) is 64.2 Å². The first-order valence-corrected chi connectivity index (χ1v) is 7.17. The van der Waals surface area contributed by atoms with Crippen molar-refractivity contribution in [3.8, 4) is 0 Å². The van der Waals surface area contributed by atoms with Crippen LogP contribution in [0.5, 0.6) is 0 Å². The molecule has 2 aromatic carbocycles. The van der Waals surface area contributed by atoms with Crippen LogP contribution in [-0.2, 0) is 9.53 Å². The molecule has 2 amide bonds. The standard InChI is InChI=1S/C16H11ClF2N2O4/c17-10-6-12(19)11(18)5-9(10)16(24)25-7-14(22)21-13-4-2-1-3-8(13)15(20)23/h1-6H,7H2,(H2,20,23)(H,21,22). The van der Waals surface area contributed by atoms with E-state index in [2.05, 4.69) is 5.32 Å². The highest BCUT2D eigenvalue weighted by molar-refractivity contribution is 6.33. The third kappa shape index (κ3) is 4.51. The van der Waals surface area contributed by atoms with Gasteiger partial charge in [0.15, 0.2) is 18.2 Å². The van der Waals surface area contributed by atoms with E-state index in [1.165, 1.54) is 12.1 Å². The smallest absolute Gasteiger partial charge is 0.340 e. The predicted molar refractivity (Wildman–Crippen MR) is 85.2 cm³/mol. The minimum Gasteiger partial charge on any atom is -0.452 e. The highest BCUT2D eigenvalue weighted by atomic mass is 35.5. The van der Waals surface area contributed by atoms with Gasteiger partial charge in [0.25, 0.3) is 11.8 Å². The van der Waals surface area contributed by atoms with Crippen LogP contribution in [0.3, 0.4) is 0 Å². The number of rotatable bonds is 5. The molecule has 2 aromatic rings. The van der Waals surface area contributed by atoms with Gasteiger partial charge in [-0.3, -0.25) is 9.59 Å². The van der Waals surface area contributed by atoms with E-state index in [9.17, 15) is 23.2 Å². The molecule has 9 heteroatoms. The zero-order valence-corrected chi connectivity index (χ0v) is 13.3. The quantitative estimate of drug-likeness (QED) is 0.625. The Morgan fingerprint density at radius 1 is 1.08 bits per heavy atom. The number of hydrogen-bond acceptors (Lipinski definition) is 4. The van der Waals surface area contributed by atoms with Crippen molar-refractivity contribution in [2.24, 2.45) is 5.73 Å². The van der Waals surface area contributed by atoms with E-state index >= 15 is 0 Å². The molecule has 0 aliphatic rings.